The number of carbonyl (C=O) groups excluding carboxylic acids is 2. The molecule has 3 nitrogen and oxygen atoms in total. The summed E-state index contributed by atoms with van der Waals surface area (Å²) in [5.41, 5.74) is 1.44. The van der Waals surface area contributed by atoms with Crippen LogP contribution in [0, 0.1) is 0 Å². The van der Waals surface area contributed by atoms with Gasteiger partial charge in [-0.2, -0.15) is 0 Å². The maximum Gasteiger partial charge on any atom is 0.207 e. The highest BCUT2D eigenvalue weighted by molar-refractivity contribution is 5.85. The lowest BCUT2D eigenvalue weighted by atomic mass is 10.0. The Hall–Kier alpha value is -1.90. The van der Waals surface area contributed by atoms with Crippen LogP contribution in [0.25, 0.3) is 5.57 Å². The molecule has 14 heavy (non-hydrogen) atoms. The summed E-state index contributed by atoms with van der Waals surface area (Å²) in [6, 6.07) is 8.61. The Morgan fingerprint density at radius 1 is 1.29 bits per heavy atom. The van der Waals surface area contributed by atoms with Crippen molar-refractivity contribution in [1.82, 2.24) is 5.32 Å². The van der Waals surface area contributed by atoms with Crippen molar-refractivity contribution in [3.05, 3.63) is 42.5 Å². The molecule has 0 aromatic heterocycles. The summed E-state index contributed by atoms with van der Waals surface area (Å²) < 4.78 is 0. The van der Waals surface area contributed by atoms with E-state index in [0.29, 0.717) is 18.3 Å². The SMILES string of the molecule is C=C(c1ccccc1)C(C=O)NC=O. The smallest absolute Gasteiger partial charge is 0.207 e. The van der Waals surface area contributed by atoms with Crippen LogP contribution in [-0.4, -0.2) is 18.7 Å². The van der Waals surface area contributed by atoms with E-state index in [9.17, 15) is 9.59 Å². The van der Waals surface area contributed by atoms with Gasteiger partial charge in [-0.25, -0.2) is 0 Å². The number of hydrogen-bond donors (Lipinski definition) is 1. The molecule has 0 aliphatic carbocycles. The zero-order valence-corrected chi connectivity index (χ0v) is 7.64. The molecule has 3 heteroatoms. The molecule has 1 rings (SSSR count). The second-order valence-electron chi connectivity index (χ2n) is 2.79. The van der Waals surface area contributed by atoms with Crippen molar-refractivity contribution < 1.29 is 9.59 Å². The predicted octanol–water partition coefficient (Wildman–Crippen LogP) is 1.01. The van der Waals surface area contributed by atoms with Gasteiger partial charge in [0.15, 0.2) is 0 Å². The summed E-state index contributed by atoms with van der Waals surface area (Å²) in [4.78, 5) is 20.8. The van der Waals surface area contributed by atoms with Gasteiger partial charge in [0.1, 0.15) is 12.3 Å². The van der Waals surface area contributed by atoms with Crippen molar-refractivity contribution in [3.63, 3.8) is 0 Å². The summed E-state index contributed by atoms with van der Waals surface area (Å²) in [5, 5.41) is 2.38. The van der Waals surface area contributed by atoms with E-state index in [0.717, 1.165) is 5.56 Å². The second-order valence-corrected chi connectivity index (χ2v) is 2.79. The van der Waals surface area contributed by atoms with E-state index < -0.39 is 6.04 Å². The first kappa shape index (κ1) is 10.2. The number of amides is 1. The number of nitrogens with one attached hydrogen (secondary N) is 1. The van der Waals surface area contributed by atoms with E-state index in [-0.39, 0.29) is 0 Å². The fraction of sp³-hybridized carbons (Fsp3) is 0.0909. The Labute approximate surface area is 82.4 Å². The summed E-state index contributed by atoms with van der Waals surface area (Å²) >= 11 is 0. The molecule has 1 aromatic carbocycles. The molecule has 0 bridgehead atoms. The minimum atomic E-state index is -0.644. The predicted molar refractivity (Wildman–Crippen MR) is 54.5 cm³/mol. The molecule has 0 spiro atoms. The summed E-state index contributed by atoms with van der Waals surface area (Å²) in [5.74, 6) is 0. The average molecular weight is 189 g/mol. The van der Waals surface area contributed by atoms with Crippen LogP contribution >= 0.6 is 0 Å². The zero-order valence-electron chi connectivity index (χ0n) is 7.64. The van der Waals surface area contributed by atoms with Crippen LogP contribution < -0.4 is 5.32 Å². The van der Waals surface area contributed by atoms with E-state index in [4.69, 9.17) is 0 Å². The first-order chi connectivity index (χ1) is 6.79. The van der Waals surface area contributed by atoms with Crippen LogP contribution in [-0.2, 0) is 9.59 Å². The quantitative estimate of drug-likeness (QED) is 0.703. The molecular formula is C11H11NO2. The molecule has 0 saturated carbocycles. The zero-order chi connectivity index (χ0) is 10.4. The van der Waals surface area contributed by atoms with Gasteiger partial charge in [0, 0.05) is 0 Å². The van der Waals surface area contributed by atoms with Crippen molar-refractivity contribution in [1.29, 1.82) is 0 Å². The molecule has 72 valence electrons. The van der Waals surface area contributed by atoms with E-state index >= 15 is 0 Å². The maximum atomic E-state index is 10.6. The van der Waals surface area contributed by atoms with Crippen LogP contribution in [0.2, 0.25) is 0 Å². The Morgan fingerprint density at radius 2 is 1.93 bits per heavy atom. The Morgan fingerprint density at radius 3 is 2.43 bits per heavy atom. The number of rotatable bonds is 5. The molecule has 0 radical (unpaired) electrons. The summed E-state index contributed by atoms with van der Waals surface area (Å²) in [6.07, 6.45) is 1.15. The highest BCUT2D eigenvalue weighted by Gasteiger charge is 2.10. The third kappa shape index (κ3) is 2.29. The molecule has 0 aliphatic heterocycles. The van der Waals surface area contributed by atoms with Crippen molar-refractivity contribution in [2.75, 3.05) is 0 Å². The summed E-state index contributed by atoms with van der Waals surface area (Å²) in [7, 11) is 0. The normalized spacial score (nSPS) is 11.4. The topological polar surface area (TPSA) is 46.2 Å². The Kier molecular flexibility index (Phi) is 3.61. The molecule has 0 heterocycles. The van der Waals surface area contributed by atoms with Crippen molar-refractivity contribution in [2.24, 2.45) is 0 Å². The molecule has 1 unspecified atom stereocenters. The van der Waals surface area contributed by atoms with Gasteiger partial charge in [0.05, 0.1) is 0 Å². The standard InChI is InChI=1S/C11H11NO2/c1-9(11(7-13)12-8-14)10-5-3-2-4-6-10/h2-8,11H,1H2,(H,12,14). The fourth-order valence-corrected chi connectivity index (χ4v) is 1.13. The van der Waals surface area contributed by atoms with Crippen LogP contribution in [0.4, 0.5) is 0 Å². The molecule has 0 saturated heterocycles. The molecule has 0 aliphatic rings. The minimum Gasteiger partial charge on any atom is -0.345 e. The van der Waals surface area contributed by atoms with Gasteiger partial charge in [-0.3, -0.25) is 4.79 Å². The van der Waals surface area contributed by atoms with Gasteiger partial charge < -0.3 is 10.1 Å². The first-order valence-corrected chi connectivity index (χ1v) is 4.19. The number of carbonyl (C=O) groups is 2. The highest BCUT2D eigenvalue weighted by Crippen LogP contribution is 2.14. The molecule has 1 amide bonds. The van der Waals surface area contributed by atoms with Crippen molar-refractivity contribution in [3.8, 4) is 0 Å². The van der Waals surface area contributed by atoms with Crippen LogP contribution in [0.15, 0.2) is 36.9 Å². The lowest BCUT2D eigenvalue weighted by Crippen LogP contribution is -2.29. The Balaban J connectivity index is 2.83. The van der Waals surface area contributed by atoms with Gasteiger partial charge >= 0.3 is 0 Å². The van der Waals surface area contributed by atoms with Gasteiger partial charge in [-0.05, 0) is 11.1 Å². The van der Waals surface area contributed by atoms with Crippen LogP contribution in [0.3, 0.4) is 0 Å². The number of aldehydes is 1. The van der Waals surface area contributed by atoms with Crippen molar-refractivity contribution in [2.45, 2.75) is 6.04 Å². The van der Waals surface area contributed by atoms with Crippen LogP contribution in [0.5, 0.6) is 0 Å². The molecule has 1 aromatic rings. The fourth-order valence-electron chi connectivity index (χ4n) is 1.13. The minimum absolute atomic E-state index is 0.493. The highest BCUT2D eigenvalue weighted by atomic mass is 16.1. The van der Waals surface area contributed by atoms with E-state index in [1.54, 1.807) is 0 Å². The third-order valence-corrected chi connectivity index (χ3v) is 1.90. The molecule has 0 fully saturated rings. The van der Waals surface area contributed by atoms with Crippen molar-refractivity contribution >= 4 is 18.3 Å². The number of hydrogen-bond acceptors (Lipinski definition) is 2. The van der Waals surface area contributed by atoms with E-state index in [1.165, 1.54) is 0 Å². The van der Waals surface area contributed by atoms with E-state index in [2.05, 4.69) is 11.9 Å². The monoisotopic (exact) mass is 189 g/mol. The largest absolute Gasteiger partial charge is 0.345 e. The van der Waals surface area contributed by atoms with Crippen LogP contribution in [0.1, 0.15) is 5.56 Å². The lowest BCUT2D eigenvalue weighted by molar-refractivity contribution is -0.114. The second kappa shape index (κ2) is 4.97. The molecular weight excluding hydrogens is 178 g/mol. The van der Waals surface area contributed by atoms with Gasteiger partial charge in [-0.15, -0.1) is 0 Å². The lowest BCUT2D eigenvalue weighted by Gasteiger charge is -2.12. The van der Waals surface area contributed by atoms with E-state index in [1.807, 2.05) is 30.3 Å². The molecule has 1 atom stereocenters. The molecule has 1 N–H and O–H groups in total. The average Bonchev–Trinajstić information content (AvgIpc) is 2.26. The maximum absolute atomic E-state index is 10.6. The first-order valence-electron chi connectivity index (χ1n) is 4.19. The number of benzene rings is 1. The Bertz CT molecular complexity index is 332. The van der Waals surface area contributed by atoms with Gasteiger partial charge in [0.2, 0.25) is 6.41 Å². The van der Waals surface area contributed by atoms with Gasteiger partial charge in [0.25, 0.3) is 0 Å². The third-order valence-electron chi connectivity index (χ3n) is 1.90. The van der Waals surface area contributed by atoms with Gasteiger partial charge in [-0.1, -0.05) is 36.9 Å². The summed E-state index contributed by atoms with van der Waals surface area (Å²) in [6.45, 7) is 3.76.